The van der Waals surface area contributed by atoms with Crippen LogP contribution in [0, 0.1) is 5.92 Å². The molecule has 200 valence electrons. The third-order valence-corrected chi connectivity index (χ3v) is 7.37. The first-order chi connectivity index (χ1) is 18.3. The van der Waals surface area contributed by atoms with E-state index in [1.165, 1.54) is 4.90 Å². The zero-order valence-corrected chi connectivity index (χ0v) is 21.8. The number of hydrogen-bond acceptors (Lipinski definition) is 6. The van der Waals surface area contributed by atoms with E-state index in [1.54, 1.807) is 20.3 Å². The van der Waals surface area contributed by atoms with Crippen LogP contribution in [0.15, 0.2) is 54.7 Å². The van der Waals surface area contributed by atoms with E-state index < -0.39 is 30.2 Å². The minimum atomic E-state index is -1.00. The molecule has 1 amide bonds. The number of carboxylic acids is 1. The van der Waals surface area contributed by atoms with Gasteiger partial charge in [0.25, 0.3) is 0 Å². The first-order valence-corrected chi connectivity index (χ1v) is 12.7. The number of carbonyl (C=O) groups is 2. The van der Waals surface area contributed by atoms with Gasteiger partial charge in [0.2, 0.25) is 5.91 Å². The molecule has 10 heteroatoms. The van der Waals surface area contributed by atoms with Gasteiger partial charge in [-0.1, -0.05) is 23.7 Å². The Bertz CT molecular complexity index is 1350. The smallest absolute Gasteiger partial charge is 0.310 e. The number of aromatic nitrogens is 1. The molecule has 2 aliphatic heterocycles. The second-order valence-corrected chi connectivity index (χ2v) is 9.96. The third kappa shape index (κ3) is 4.84. The molecule has 1 fully saturated rings. The van der Waals surface area contributed by atoms with E-state index in [2.05, 4.69) is 0 Å². The van der Waals surface area contributed by atoms with Gasteiger partial charge in [0.1, 0.15) is 12.2 Å². The zero-order valence-electron chi connectivity index (χ0n) is 21.0. The molecule has 3 heterocycles. The fraction of sp³-hybridized carbons (Fsp3) is 0.357. The fourth-order valence-electron chi connectivity index (χ4n) is 5.17. The van der Waals surface area contributed by atoms with Crippen molar-refractivity contribution < 1.29 is 34.0 Å². The summed E-state index contributed by atoms with van der Waals surface area (Å²) in [5, 5.41) is 20.6. The van der Waals surface area contributed by atoms with E-state index in [9.17, 15) is 14.7 Å². The number of carbonyl (C=O) groups excluding carboxylic acids is 1. The molecule has 0 bridgehead atoms. The predicted octanol–water partition coefficient (Wildman–Crippen LogP) is 3.99. The van der Waals surface area contributed by atoms with Gasteiger partial charge in [-0.25, -0.2) is 0 Å². The second-order valence-electron chi connectivity index (χ2n) is 9.52. The number of para-hydroxylation sites is 1. The number of likely N-dealkylation sites (tertiary alicyclic amines) is 1. The van der Waals surface area contributed by atoms with Crippen LogP contribution in [0.25, 0.3) is 5.69 Å². The topological polar surface area (TPSA) is 110 Å². The minimum absolute atomic E-state index is 0.126. The van der Waals surface area contributed by atoms with E-state index >= 15 is 0 Å². The Morgan fingerprint density at radius 3 is 2.61 bits per heavy atom. The molecule has 2 N–H and O–H groups in total. The van der Waals surface area contributed by atoms with Crippen LogP contribution in [0.5, 0.6) is 11.5 Å². The zero-order chi connectivity index (χ0) is 27.0. The van der Waals surface area contributed by atoms with E-state index in [0.717, 1.165) is 22.5 Å². The minimum Gasteiger partial charge on any atom is -0.493 e. The largest absolute Gasteiger partial charge is 0.493 e. The van der Waals surface area contributed by atoms with Gasteiger partial charge >= 0.3 is 5.97 Å². The predicted molar refractivity (Wildman–Crippen MR) is 139 cm³/mol. The number of carboxylic acid groups (broad SMARTS) is 1. The van der Waals surface area contributed by atoms with Crippen LogP contribution in [-0.2, 0) is 14.3 Å². The van der Waals surface area contributed by atoms with Crippen molar-refractivity contribution in [2.75, 3.05) is 27.3 Å². The number of methoxy groups -OCH3 is 2. The highest BCUT2D eigenvalue weighted by Crippen LogP contribution is 2.46. The van der Waals surface area contributed by atoms with Crippen molar-refractivity contribution in [3.63, 3.8) is 0 Å². The van der Waals surface area contributed by atoms with Crippen molar-refractivity contribution in [2.24, 2.45) is 5.92 Å². The maximum absolute atomic E-state index is 12.6. The van der Waals surface area contributed by atoms with Crippen LogP contribution in [-0.4, -0.2) is 65.0 Å². The van der Waals surface area contributed by atoms with Gasteiger partial charge in [0, 0.05) is 41.9 Å². The molecular formula is C28H29ClN2O7. The number of fused-ring (bicyclic) bond motifs is 3. The Kier molecular flexibility index (Phi) is 7.34. The van der Waals surface area contributed by atoms with Crippen LogP contribution in [0.2, 0.25) is 5.02 Å². The monoisotopic (exact) mass is 540 g/mol. The van der Waals surface area contributed by atoms with E-state index in [-0.39, 0.29) is 31.8 Å². The van der Waals surface area contributed by atoms with Crippen molar-refractivity contribution in [1.82, 2.24) is 9.47 Å². The molecule has 1 aromatic heterocycles. The molecule has 3 atom stereocenters. The summed E-state index contributed by atoms with van der Waals surface area (Å²) in [5.74, 6) is -0.662. The van der Waals surface area contributed by atoms with Crippen molar-refractivity contribution in [1.29, 1.82) is 0 Å². The van der Waals surface area contributed by atoms with Crippen LogP contribution in [0.3, 0.4) is 0 Å². The summed E-state index contributed by atoms with van der Waals surface area (Å²) in [6, 6.07) is 15.0. The normalized spacial score (nSPS) is 19.5. The number of nitrogens with zero attached hydrogens (tertiary/aromatic N) is 2. The Morgan fingerprint density at radius 2 is 1.89 bits per heavy atom. The Labute approximate surface area is 225 Å². The molecule has 3 aromatic rings. The highest BCUT2D eigenvalue weighted by Gasteiger charge is 2.37. The van der Waals surface area contributed by atoms with E-state index in [1.807, 2.05) is 53.2 Å². The van der Waals surface area contributed by atoms with E-state index in [0.29, 0.717) is 16.5 Å². The number of benzene rings is 2. The fourth-order valence-corrected chi connectivity index (χ4v) is 5.35. The van der Waals surface area contributed by atoms with Crippen LogP contribution < -0.4 is 9.47 Å². The molecule has 2 aliphatic rings. The highest BCUT2D eigenvalue weighted by molar-refractivity contribution is 6.30. The number of aliphatic hydroxyl groups excluding tert-OH is 1. The number of hydrogen-bond donors (Lipinski definition) is 2. The van der Waals surface area contributed by atoms with Crippen molar-refractivity contribution in [3.8, 4) is 17.2 Å². The first kappa shape index (κ1) is 26.1. The van der Waals surface area contributed by atoms with Crippen molar-refractivity contribution >= 4 is 23.5 Å². The summed E-state index contributed by atoms with van der Waals surface area (Å²) in [5.41, 5.74) is 3.24. The lowest BCUT2D eigenvalue weighted by Gasteiger charge is -2.37. The Hall–Kier alpha value is -3.53. The molecule has 9 nitrogen and oxygen atoms in total. The molecular weight excluding hydrogens is 512 g/mol. The first-order valence-electron chi connectivity index (χ1n) is 12.3. The average Bonchev–Trinajstić information content (AvgIpc) is 3.30. The Morgan fingerprint density at radius 1 is 1.11 bits per heavy atom. The quantitative estimate of drug-likeness (QED) is 0.444. The molecule has 0 saturated carbocycles. The van der Waals surface area contributed by atoms with Gasteiger partial charge in [-0.2, -0.15) is 0 Å². The summed E-state index contributed by atoms with van der Waals surface area (Å²) in [6.45, 7) is 0.328. The summed E-state index contributed by atoms with van der Waals surface area (Å²) in [4.78, 5) is 25.2. The number of ether oxygens (including phenoxy) is 3. The Balaban J connectivity index is 1.47. The van der Waals surface area contributed by atoms with Gasteiger partial charge in [0.15, 0.2) is 11.5 Å². The second kappa shape index (κ2) is 10.7. The SMILES string of the molecule is COc1cccc([C@H]2O[C@H](CC(O)CC(=O)N3CC(C(=O)O)C3)c3cccn3-c3ccc(Cl)cc32)c1OC. The highest BCUT2D eigenvalue weighted by atomic mass is 35.5. The van der Waals surface area contributed by atoms with E-state index in [4.69, 9.17) is 30.9 Å². The lowest BCUT2D eigenvalue weighted by Crippen LogP contribution is -2.53. The van der Waals surface area contributed by atoms with Gasteiger partial charge in [-0.15, -0.1) is 0 Å². The third-order valence-electron chi connectivity index (χ3n) is 7.14. The molecule has 1 saturated heterocycles. The lowest BCUT2D eigenvalue weighted by molar-refractivity contribution is -0.153. The van der Waals surface area contributed by atoms with Crippen LogP contribution >= 0.6 is 11.6 Å². The molecule has 1 unspecified atom stereocenters. The summed E-state index contributed by atoms with van der Waals surface area (Å²) >= 11 is 6.43. The maximum Gasteiger partial charge on any atom is 0.310 e. The number of rotatable bonds is 8. The van der Waals surface area contributed by atoms with Gasteiger partial charge in [0.05, 0.1) is 44.0 Å². The van der Waals surface area contributed by atoms with Crippen molar-refractivity contribution in [3.05, 3.63) is 76.6 Å². The number of aliphatic carboxylic acids is 1. The average molecular weight is 541 g/mol. The maximum atomic E-state index is 12.6. The van der Waals surface area contributed by atoms with Gasteiger partial charge < -0.3 is 33.9 Å². The number of amides is 1. The lowest BCUT2D eigenvalue weighted by atomic mass is 9.97. The molecule has 0 aliphatic carbocycles. The molecule has 0 spiro atoms. The van der Waals surface area contributed by atoms with Crippen LogP contribution in [0.1, 0.15) is 41.9 Å². The summed E-state index contributed by atoms with van der Waals surface area (Å²) in [6.07, 6.45) is -0.253. The molecule has 38 heavy (non-hydrogen) atoms. The summed E-state index contributed by atoms with van der Waals surface area (Å²) in [7, 11) is 3.14. The van der Waals surface area contributed by atoms with Crippen molar-refractivity contribution in [2.45, 2.75) is 31.2 Å². The molecule has 5 rings (SSSR count). The van der Waals surface area contributed by atoms with Gasteiger partial charge in [-0.05, 0) is 36.4 Å². The summed E-state index contributed by atoms with van der Waals surface area (Å²) < 4.78 is 20.0. The molecule has 2 aromatic carbocycles. The number of halogens is 1. The standard InChI is InChI=1S/C28H29ClN2O7/c1-36-23-7-3-5-19(27(23)37-2)26-20-11-17(29)8-9-21(20)31-10-4-6-22(31)24(38-26)12-18(32)13-25(33)30-14-16(15-30)28(34)35/h3-11,16,18,24,26,32H,12-15H2,1-2H3,(H,34,35)/t18?,24-,26-/m1/s1. The number of aliphatic hydroxyl groups is 1. The van der Waals surface area contributed by atoms with Crippen LogP contribution in [0.4, 0.5) is 0 Å². The molecule has 0 radical (unpaired) electrons. The van der Waals surface area contributed by atoms with Gasteiger partial charge in [-0.3, -0.25) is 9.59 Å².